The molecule has 0 spiro atoms. The molecule has 0 aliphatic carbocycles. The molecule has 23 heavy (non-hydrogen) atoms. The van der Waals surface area contributed by atoms with Gasteiger partial charge in [0.25, 0.3) is 5.91 Å². The molecule has 1 amide bonds. The number of aromatic nitrogens is 1. The number of thiazole rings is 1. The molecule has 0 bridgehead atoms. The maximum Gasteiger partial charge on any atom is 0.261 e. The number of hydrogen-bond donors (Lipinski definition) is 1. The van der Waals surface area contributed by atoms with Crippen LogP contribution in [0.15, 0.2) is 29.6 Å². The minimum absolute atomic E-state index is 0.0474. The zero-order valence-electron chi connectivity index (χ0n) is 13.8. The van der Waals surface area contributed by atoms with Gasteiger partial charge in [-0.2, -0.15) is 0 Å². The summed E-state index contributed by atoms with van der Waals surface area (Å²) in [4.78, 5) is 16.9. The molecule has 1 aromatic carbocycles. The maximum atomic E-state index is 12.2. The largest absolute Gasteiger partial charge is 0.480 e. The van der Waals surface area contributed by atoms with E-state index in [0.717, 1.165) is 28.4 Å². The zero-order valence-corrected chi connectivity index (χ0v) is 14.6. The van der Waals surface area contributed by atoms with E-state index < -0.39 is 6.10 Å². The molecule has 0 fully saturated rings. The van der Waals surface area contributed by atoms with Crippen molar-refractivity contribution < 1.29 is 9.53 Å². The molecule has 1 aromatic heterocycles. The lowest BCUT2D eigenvalue weighted by Gasteiger charge is -2.14. The molecule has 5 heteroatoms. The molecule has 2 aromatic rings. The molecular weight excluding hydrogens is 308 g/mol. The van der Waals surface area contributed by atoms with Crippen molar-refractivity contribution >= 4 is 17.2 Å². The number of benzene rings is 1. The molecule has 1 atom stereocenters. The summed E-state index contributed by atoms with van der Waals surface area (Å²) in [5, 5.41) is 6.12. The van der Waals surface area contributed by atoms with Gasteiger partial charge < -0.3 is 10.1 Å². The van der Waals surface area contributed by atoms with E-state index in [0.29, 0.717) is 13.0 Å². The van der Waals surface area contributed by atoms with Crippen LogP contribution < -0.4 is 10.1 Å². The molecule has 1 unspecified atom stereocenters. The zero-order chi connectivity index (χ0) is 16.4. The second-order valence-electron chi connectivity index (χ2n) is 6.84. The number of rotatable bonds is 4. The molecular formula is C18H22N2O2S. The Morgan fingerprint density at radius 2 is 2.17 bits per heavy atom. The standard InChI is InChI=1S/C18H22N2O2S/c1-18(2,3)15-11-23-16(20-15)8-9-19-17(21)14-10-12-6-4-5-7-13(12)22-14/h4-7,11,14H,8-10H2,1-3H3,(H,19,21). The average Bonchev–Trinajstić information content (AvgIpc) is 3.13. The first-order valence-electron chi connectivity index (χ1n) is 7.90. The minimum Gasteiger partial charge on any atom is -0.480 e. The topological polar surface area (TPSA) is 51.2 Å². The molecule has 1 aliphatic rings. The number of para-hydroxylation sites is 1. The van der Waals surface area contributed by atoms with Gasteiger partial charge >= 0.3 is 0 Å². The molecule has 0 saturated carbocycles. The van der Waals surface area contributed by atoms with Gasteiger partial charge in [-0.1, -0.05) is 39.0 Å². The van der Waals surface area contributed by atoms with Crippen LogP contribution in [0.3, 0.4) is 0 Å². The van der Waals surface area contributed by atoms with E-state index >= 15 is 0 Å². The lowest BCUT2D eigenvalue weighted by atomic mass is 9.93. The van der Waals surface area contributed by atoms with Gasteiger partial charge in [0.1, 0.15) is 5.75 Å². The van der Waals surface area contributed by atoms with Gasteiger partial charge in [-0.3, -0.25) is 4.79 Å². The third kappa shape index (κ3) is 3.72. The van der Waals surface area contributed by atoms with Crippen molar-refractivity contribution in [3.63, 3.8) is 0 Å². The van der Waals surface area contributed by atoms with Gasteiger partial charge in [0.2, 0.25) is 0 Å². The lowest BCUT2D eigenvalue weighted by molar-refractivity contribution is -0.127. The highest BCUT2D eigenvalue weighted by atomic mass is 32.1. The first-order valence-corrected chi connectivity index (χ1v) is 8.78. The third-order valence-electron chi connectivity index (χ3n) is 3.90. The Balaban J connectivity index is 1.48. The fourth-order valence-electron chi connectivity index (χ4n) is 2.50. The third-order valence-corrected chi connectivity index (χ3v) is 4.81. The summed E-state index contributed by atoms with van der Waals surface area (Å²) in [7, 11) is 0. The van der Waals surface area contributed by atoms with Gasteiger partial charge in [-0.15, -0.1) is 11.3 Å². The Hall–Kier alpha value is -1.88. The SMILES string of the molecule is CC(C)(C)c1csc(CCNC(=O)C2Cc3ccccc3O2)n1. The van der Waals surface area contributed by atoms with Crippen LogP contribution in [0.5, 0.6) is 5.75 Å². The Bertz CT molecular complexity index is 678. The van der Waals surface area contributed by atoms with Gasteiger partial charge in [-0.05, 0) is 11.6 Å². The van der Waals surface area contributed by atoms with E-state index in [-0.39, 0.29) is 11.3 Å². The fraction of sp³-hybridized carbons (Fsp3) is 0.444. The monoisotopic (exact) mass is 330 g/mol. The minimum atomic E-state index is -0.408. The highest BCUT2D eigenvalue weighted by Gasteiger charge is 2.28. The molecule has 2 heterocycles. The molecule has 1 N–H and O–H groups in total. The van der Waals surface area contributed by atoms with Crippen molar-refractivity contribution in [1.82, 2.24) is 10.3 Å². The summed E-state index contributed by atoms with van der Waals surface area (Å²) in [6.07, 6.45) is 0.994. The maximum absolute atomic E-state index is 12.2. The fourth-order valence-corrected chi connectivity index (χ4v) is 3.53. The lowest BCUT2D eigenvalue weighted by Crippen LogP contribution is -2.38. The number of carbonyl (C=O) groups excluding carboxylic acids is 1. The Labute approximate surface area is 140 Å². The van der Waals surface area contributed by atoms with E-state index in [1.165, 1.54) is 0 Å². The highest BCUT2D eigenvalue weighted by molar-refractivity contribution is 7.09. The van der Waals surface area contributed by atoms with Crippen LogP contribution in [0.25, 0.3) is 0 Å². The van der Waals surface area contributed by atoms with Crippen LogP contribution in [0, 0.1) is 0 Å². The Morgan fingerprint density at radius 1 is 1.39 bits per heavy atom. The van der Waals surface area contributed by atoms with E-state index in [1.54, 1.807) is 11.3 Å². The van der Waals surface area contributed by atoms with Crippen LogP contribution in [-0.2, 0) is 23.1 Å². The van der Waals surface area contributed by atoms with E-state index in [1.807, 2.05) is 24.3 Å². The predicted molar refractivity (Wildman–Crippen MR) is 92.1 cm³/mol. The number of nitrogens with zero attached hydrogens (tertiary/aromatic N) is 1. The normalized spacial score (nSPS) is 16.7. The quantitative estimate of drug-likeness (QED) is 0.937. The van der Waals surface area contributed by atoms with Gasteiger partial charge in [0.05, 0.1) is 10.7 Å². The van der Waals surface area contributed by atoms with Crippen molar-refractivity contribution in [2.45, 2.75) is 45.1 Å². The van der Waals surface area contributed by atoms with Crippen molar-refractivity contribution in [1.29, 1.82) is 0 Å². The van der Waals surface area contributed by atoms with Gasteiger partial charge in [0.15, 0.2) is 6.10 Å². The number of ether oxygens (including phenoxy) is 1. The number of carbonyl (C=O) groups is 1. The van der Waals surface area contributed by atoms with Crippen LogP contribution in [0.4, 0.5) is 0 Å². The van der Waals surface area contributed by atoms with E-state index in [4.69, 9.17) is 4.74 Å². The number of hydrogen-bond acceptors (Lipinski definition) is 4. The molecule has 1 aliphatic heterocycles. The first-order chi connectivity index (χ1) is 10.9. The summed E-state index contributed by atoms with van der Waals surface area (Å²) >= 11 is 1.66. The number of nitrogens with one attached hydrogen (secondary N) is 1. The summed E-state index contributed by atoms with van der Waals surface area (Å²) in [5.74, 6) is 0.774. The van der Waals surface area contributed by atoms with Crippen LogP contribution in [0.1, 0.15) is 37.0 Å². The molecule has 0 radical (unpaired) electrons. The van der Waals surface area contributed by atoms with Crippen molar-refractivity contribution in [2.24, 2.45) is 0 Å². The average molecular weight is 330 g/mol. The summed E-state index contributed by atoms with van der Waals surface area (Å²) < 4.78 is 5.70. The van der Waals surface area contributed by atoms with Crippen molar-refractivity contribution in [2.75, 3.05) is 6.54 Å². The molecule has 4 nitrogen and oxygen atoms in total. The Morgan fingerprint density at radius 3 is 2.87 bits per heavy atom. The van der Waals surface area contributed by atoms with Crippen molar-refractivity contribution in [3.05, 3.63) is 45.9 Å². The summed E-state index contributed by atoms with van der Waals surface area (Å²) in [5.41, 5.74) is 2.28. The Kier molecular flexibility index (Phi) is 4.39. The molecule has 3 rings (SSSR count). The van der Waals surface area contributed by atoms with E-state index in [9.17, 15) is 4.79 Å². The summed E-state index contributed by atoms with van der Waals surface area (Å²) in [6, 6.07) is 7.81. The molecule has 0 saturated heterocycles. The number of fused-ring (bicyclic) bond motifs is 1. The van der Waals surface area contributed by atoms with Crippen LogP contribution in [0.2, 0.25) is 0 Å². The molecule has 122 valence electrons. The van der Waals surface area contributed by atoms with Crippen LogP contribution in [-0.4, -0.2) is 23.5 Å². The second kappa shape index (κ2) is 6.32. The van der Waals surface area contributed by atoms with Gasteiger partial charge in [0, 0.05) is 30.2 Å². The van der Waals surface area contributed by atoms with Gasteiger partial charge in [-0.25, -0.2) is 4.98 Å². The predicted octanol–water partition coefficient (Wildman–Crippen LogP) is 3.10. The highest BCUT2D eigenvalue weighted by Crippen LogP contribution is 2.28. The van der Waals surface area contributed by atoms with Crippen molar-refractivity contribution in [3.8, 4) is 5.75 Å². The van der Waals surface area contributed by atoms with E-state index in [2.05, 4.69) is 36.5 Å². The second-order valence-corrected chi connectivity index (χ2v) is 7.78. The summed E-state index contributed by atoms with van der Waals surface area (Å²) in [6.45, 7) is 7.06. The number of amides is 1. The first kappa shape index (κ1) is 16.0. The van der Waals surface area contributed by atoms with Crippen LogP contribution >= 0.6 is 11.3 Å². The smallest absolute Gasteiger partial charge is 0.261 e.